The minimum Gasteiger partial charge on any atom is -0.487 e. The topological polar surface area (TPSA) is 134 Å². The molecular weight excluding hydrogens is 510 g/mol. The molecule has 11 nitrogen and oxygen atoms in total. The van der Waals surface area contributed by atoms with E-state index in [-0.39, 0.29) is 41.3 Å². The number of carbonyl (C=O) groups is 2. The number of anilines is 2. The van der Waals surface area contributed by atoms with Gasteiger partial charge in [0.25, 0.3) is 11.8 Å². The molecule has 208 valence electrons. The van der Waals surface area contributed by atoms with E-state index in [1.165, 1.54) is 6.07 Å². The molecule has 4 aromatic rings. The molecule has 3 N–H and O–H groups in total. The van der Waals surface area contributed by atoms with Crippen LogP contribution < -0.4 is 20.8 Å². The highest BCUT2D eigenvalue weighted by Gasteiger charge is 2.32. The van der Waals surface area contributed by atoms with Crippen molar-refractivity contribution in [2.45, 2.75) is 52.7 Å². The van der Waals surface area contributed by atoms with Crippen LogP contribution in [0.5, 0.6) is 5.75 Å². The van der Waals surface area contributed by atoms with Gasteiger partial charge in [0.2, 0.25) is 5.43 Å². The maximum atomic E-state index is 13.4. The van der Waals surface area contributed by atoms with Gasteiger partial charge in [0.05, 0.1) is 30.3 Å². The lowest BCUT2D eigenvalue weighted by Gasteiger charge is -2.35. The second kappa shape index (κ2) is 11.6. The first-order chi connectivity index (χ1) is 19.4. The maximum Gasteiger partial charge on any atom is 0.274 e. The summed E-state index contributed by atoms with van der Waals surface area (Å²) < 4.78 is 7.63. The molecule has 0 radical (unpaired) electrons. The van der Waals surface area contributed by atoms with Gasteiger partial charge in [-0.15, -0.1) is 0 Å². The molecule has 0 saturated carbocycles. The van der Waals surface area contributed by atoms with Crippen molar-refractivity contribution in [2.24, 2.45) is 0 Å². The van der Waals surface area contributed by atoms with Crippen LogP contribution in [0.1, 0.15) is 60.2 Å². The fourth-order valence-electron chi connectivity index (χ4n) is 4.80. The summed E-state index contributed by atoms with van der Waals surface area (Å²) in [7, 11) is 0. The van der Waals surface area contributed by atoms with Gasteiger partial charge in [0, 0.05) is 48.3 Å². The van der Waals surface area contributed by atoms with E-state index in [0.29, 0.717) is 42.5 Å². The summed E-state index contributed by atoms with van der Waals surface area (Å²) >= 11 is 0. The van der Waals surface area contributed by atoms with Gasteiger partial charge in [-0.25, -0.2) is 4.98 Å². The number of rotatable bonds is 10. The van der Waals surface area contributed by atoms with Crippen LogP contribution in [0.3, 0.4) is 0 Å². The summed E-state index contributed by atoms with van der Waals surface area (Å²) in [5.41, 5.74) is 2.42. The Kier molecular flexibility index (Phi) is 7.81. The molecule has 1 aliphatic rings. The second-order valence-electron chi connectivity index (χ2n) is 10.0. The monoisotopic (exact) mass is 543 g/mol. The summed E-state index contributed by atoms with van der Waals surface area (Å²) in [6.45, 7) is 7.38. The van der Waals surface area contributed by atoms with Gasteiger partial charge in [-0.05, 0) is 44.5 Å². The van der Waals surface area contributed by atoms with Crippen LogP contribution in [-0.4, -0.2) is 55.7 Å². The van der Waals surface area contributed by atoms with Crippen LogP contribution in [0.15, 0.2) is 53.6 Å². The number of aromatic nitrogens is 4. The number of benzene rings is 1. The van der Waals surface area contributed by atoms with Crippen LogP contribution in [0.25, 0.3) is 10.9 Å². The Balaban J connectivity index is 1.36. The van der Waals surface area contributed by atoms with Crippen molar-refractivity contribution in [3.8, 4) is 5.75 Å². The van der Waals surface area contributed by atoms with E-state index in [0.717, 1.165) is 23.7 Å². The molecule has 0 fully saturated rings. The third-order valence-electron chi connectivity index (χ3n) is 6.94. The van der Waals surface area contributed by atoms with Gasteiger partial charge in [0.1, 0.15) is 5.82 Å². The van der Waals surface area contributed by atoms with E-state index in [1.807, 2.05) is 32.9 Å². The highest BCUT2D eigenvalue weighted by atomic mass is 16.5. The zero-order chi connectivity index (χ0) is 28.2. The number of ether oxygens (including phenoxy) is 1. The third-order valence-corrected chi connectivity index (χ3v) is 6.94. The summed E-state index contributed by atoms with van der Waals surface area (Å²) in [6, 6.07) is 10.3. The molecule has 0 aliphatic carbocycles. The van der Waals surface area contributed by atoms with E-state index in [9.17, 15) is 14.4 Å². The minimum absolute atomic E-state index is 0.0141. The smallest absolute Gasteiger partial charge is 0.274 e. The average molecular weight is 544 g/mol. The van der Waals surface area contributed by atoms with Crippen molar-refractivity contribution in [1.29, 1.82) is 0 Å². The number of hydrogen-bond donors (Lipinski definition) is 3. The Morgan fingerprint density at radius 1 is 1.18 bits per heavy atom. The molecule has 4 heterocycles. The average Bonchev–Trinajstić information content (AvgIpc) is 3.43. The lowest BCUT2D eigenvalue weighted by Crippen LogP contribution is -2.46. The lowest BCUT2D eigenvalue weighted by molar-refractivity contribution is 0.0637. The van der Waals surface area contributed by atoms with Crippen molar-refractivity contribution < 1.29 is 14.3 Å². The summed E-state index contributed by atoms with van der Waals surface area (Å²) in [6.07, 6.45) is 5.05. The zero-order valence-electron chi connectivity index (χ0n) is 22.9. The van der Waals surface area contributed by atoms with Crippen molar-refractivity contribution in [3.63, 3.8) is 0 Å². The Morgan fingerprint density at radius 3 is 2.83 bits per heavy atom. The van der Waals surface area contributed by atoms with Crippen LogP contribution in [0.4, 0.5) is 11.5 Å². The molecule has 3 aromatic heterocycles. The Morgan fingerprint density at radius 2 is 2.02 bits per heavy atom. The first kappa shape index (κ1) is 26.9. The fourth-order valence-corrected chi connectivity index (χ4v) is 4.80. The van der Waals surface area contributed by atoms with E-state index in [1.54, 1.807) is 40.1 Å². The van der Waals surface area contributed by atoms with Crippen LogP contribution >= 0.6 is 0 Å². The van der Waals surface area contributed by atoms with Crippen molar-refractivity contribution in [1.82, 2.24) is 30.0 Å². The van der Waals surface area contributed by atoms with Crippen LogP contribution in [0.2, 0.25) is 0 Å². The van der Waals surface area contributed by atoms with E-state index >= 15 is 0 Å². The minimum atomic E-state index is -0.363. The summed E-state index contributed by atoms with van der Waals surface area (Å²) in [5.74, 6) is 0.155. The normalized spacial score (nSPS) is 13.0. The molecule has 0 saturated heterocycles. The van der Waals surface area contributed by atoms with Crippen LogP contribution in [0, 0.1) is 0 Å². The van der Waals surface area contributed by atoms with Gasteiger partial charge in [0.15, 0.2) is 11.4 Å². The number of nitrogens with zero attached hydrogens (tertiary/aromatic N) is 4. The number of H-pyrrole nitrogens is 1. The number of amides is 2. The first-order valence-electron chi connectivity index (χ1n) is 13.5. The molecule has 0 atom stereocenters. The van der Waals surface area contributed by atoms with Crippen molar-refractivity contribution in [2.75, 3.05) is 18.5 Å². The van der Waals surface area contributed by atoms with Crippen molar-refractivity contribution in [3.05, 3.63) is 76.0 Å². The van der Waals surface area contributed by atoms with E-state index < -0.39 is 0 Å². The van der Waals surface area contributed by atoms with Gasteiger partial charge >= 0.3 is 0 Å². The quantitative estimate of drug-likeness (QED) is 0.259. The molecule has 0 bridgehead atoms. The molecule has 1 aliphatic heterocycles. The molecule has 1 aromatic carbocycles. The molecule has 0 spiro atoms. The highest BCUT2D eigenvalue weighted by Crippen LogP contribution is 2.25. The lowest BCUT2D eigenvalue weighted by atomic mass is 10.1. The standard InChI is InChI=1S/C29H33N7O4/c1-4-5-13-40-26-24(37)15-21(36-12-11-35(18(2)3)29(39)25(26)36)16-31-28(38)19-7-6-8-20(14-19)33-27-22-17-32-34-23(22)9-10-30-27/h6-10,14-15,17-18H,4-5,11-13,16H2,1-3H3,(H,30,33)(H,31,38)(H,32,34). The number of hydrogen-bond acceptors (Lipinski definition) is 7. The number of nitrogens with one attached hydrogen (secondary N) is 3. The van der Waals surface area contributed by atoms with E-state index in [2.05, 4.69) is 25.8 Å². The SMILES string of the molecule is CCCCOc1c2n(c(CNC(=O)c3cccc(Nc4nccc5[nH]ncc45)c3)cc1=O)CCN(C(C)C)C2=O. The van der Waals surface area contributed by atoms with Gasteiger partial charge < -0.3 is 24.8 Å². The fraction of sp³-hybridized carbons (Fsp3) is 0.345. The predicted molar refractivity (Wildman–Crippen MR) is 152 cm³/mol. The molecule has 11 heteroatoms. The predicted octanol–water partition coefficient (Wildman–Crippen LogP) is 3.84. The Bertz CT molecular complexity index is 1610. The third kappa shape index (κ3) is 5.40. The van der Waals surface area contributed by atoms with Crippen LogP contribution in [-0.2, 0) is 13.1 Å². The molecule has 2 amide bonds. The first-order valence-corrected chi connectivity index (χ1v) is 13.5. The van der Waals surface area contributed by atoms with Gasteiger partial charge in [-0.1, -0.05) is 19.4 Å². The van der Waals surface area contributed by atoms with Crippen molar-refractivity contribution >= 4 is 34.2 Å². The summed E-state index contributed by atoms with van der Waals surface area (Å²) in [4.78, 5) is 45.8. The highest BCUT2D eigenvalue weighted by molar-refractivity contribution is 5.97. The van der Waals surface area contributed by atoms with E-state index in [4.69, 9.17) is 4.74 Å². The maximum absolute atomic E-state index is 13.4. The second-order valence-corrected chi connectivity index (χ2v) is 10.0. The zero-order valence-corrected chi connectivity index (χ0v) is 22.9. The Hall–Kier alpha value is -4.67. The molecule has 0 unspecified atom stereocenters. The number of carbonyl (C=O) groups excluding carboxylic acids is 2. The largest absolute Gasteiger partial charge is 0.487 e. The number of unbranched alkanes of at least 4 members (excludes halogenated alkanes) is 1. The molecular formula is C29H33N7O4. The van der Waals surface area contributed by atoms with Gasteiger partial charge in [-0.3, -0.25) is 19.5 Å². The molecule has 40 heavy (non-hydrogen) atoms. The van der Waals surface area contributed by atoms with Gasteiger partial charge in [-0.2, -0.15) is 5.10 Å². The Labute approximate surface area is 231 Å². The number of pyridine rings is 2. The molecule has 5 rings (SSSR count). The number of fused-ring (bicyclic) bond motifs is 2. The number of aromatic amines is 1. The summed E-state index contributed by atoms with van der Waals surface area (Å²) in [5, 5.41) is 13.9.